The Morgan fingerprint density at radius 3 is 2.85 bits per heavy atom. The summed E-state index contributed by atoms with van der Waals surface area (Å²) in [7, 11) is 0. The van der Waals surface area contributed by atoms with Gasteiger partial charge in [0.2, 0.25) is 5.91 Å². The first-order chi connectivity index (χ1) is 9.69. The third-order valence-corrected chi connectivity index (χ3v) is 3.41. The number of carbonyl (C=O) groups excluding carboxylic acids is 2. The molecule has 1 aliphatic heterocycles. The minimum atomic E-state index is -0.461. The van der Waals surface area contributed by atoms with Crippen molar-refractivity contribution in [3.8, 4) is 0 Å². The van der Waals surface area contributed by atoms with Gasteiger partial charge in [0, 0.05) is 25.9 Å². The van der Waals surface area contributed by atoms with Crippen LogP contribution in [0.2, 0.25) is 0 Å². The molecule has 1 atom stereocenters. The average molecular weight is 285 g/mol. The van der Waals surface area contributed by atoms with Gasteiger partial charge in [-0.05, 0) is 25.8 Å². The third-order valence-electron chi connectivity index (χ3n) is 3.41. The quantitative estimate of drug-likeness (QED) is 0.663. The van der Waals surface area contributed by atoms with Crippen LogP contribution in [0.1, 0.15) is 51.9 Å². The van der Waals surface area contributed by atoms with Crippen LogP contribution in [0, 0.1) is 0 Å². The summed E-state index contributed by atoms with van der Waals surface area (Å²) >= 11 is 0. The molecule has 1 fully saturated rings. The Kier molecular flexibility index (Phi) is 8.02. The molecule has 1 saturated heterocycles. The van der Waals surface area contributed by atoms with Crippen molar-refractivity contribution in [2.24, 2.45) is 5.73 Å². The van der Waals surface area contributed by atoms with Crippen molar-refractivity contribution in [3.05, 3.63) is 0 Å². The maximum atomic E-state index is 12.1. The van der Waals surface area contributed by atoms with Crippen molar-refractivity contribution in [3.63, 3.8) is 0 Å². The molecule has 6 nitrogen and oxygen atoms in total. The number of likely N-dealkylation sites (tertiary alicyclic amines) is 1. The molecular formula is C14H27N3O3. The standard InChI is InChI=1S/C14H27N3O3/c1-2-3-4-7-12(18)17-11-5-8-13(17)20-14(19)16-10-6-9-15/h13H,2-11,15H2,1H3,(H,16,19)/t13-/m0/s1. The van der Waals surface area contributed by atoms with Gasteiger partial charge in [0.25, 0.3) is 0 Å². The van der Waals surface area contributed by atoms with Crippen LogP contribution in [0.4, 0.5) is 4.79 Å². The van der Waals surface area contributed by atoms with E-state index in [0.29, 0.717) is 26.1 Å². The normalized spacial score (nSPS) is 18.1. The molecule has 0 aliphatic carbocycles. The van der Waals surface area contributed by atoms with Crippen molar-refractivity contribution in [1.82, 2.24) is 10.2 Å². The summed E-state index contributed by atoms with van der Waals surface area (Å²) < 4.78 is 5.31. The fourth-order valence-electron chi connectivity index (χ4n) is 2.27. The molecule has 1 rings (SSSR count). The lowest BCUT2D eigenvalue weighted by atomic mass is 10.2. The Morgan fingerprint density at radius 1 is 1.35 bits per heavy atom. The van der Waals surface area contributed by atoms with E-state index in [1.165, 1.54) is 0 Å². The van der Waals surface area contributed by atoms with E-state index in [9.17, 15) is 9.59 Å². The Morgan fingerprint density at radius 2 is 2.15 bits per heavy atom. The average Bonchev–Trinajstić information content (AvgIpc) is 2.87. The zero-order valence-corrected chi connectivity index (χ0v) is 12.4. The zero-order chi connectivity index (χ0) is 14.8. The second-order valence-electron chi connectivity index (χ2n) is 5.12. The lowest BCUT2D eigenvalue weighted by molar-refractivity contribution is -0.138. The molecule has 0 aromatic rings. The summed E-state index contributed by atoms with van der Waals surface area (Å²) in [6.07, 6.45) is 5.08. The SMILES string of the molecule is CCCCCC(=O)N1CCC[C@@H]1OC(=O)NCCCN. The highest BCUT2D eigenvalue weighted by atomic mass is 16.6. The van der Waals surface area contributed by atoms with Crippen LogP contribution in [0.25, 0.3) is 0 Å². The van der Waals surface area contributed by atoms with Gasteiger partial charge in [0.05, 0.1) is 0 Å². The van der Waals surface area contributed by atoms with Gasteiger partial charge in [-0.2, -0.15) is 0 Å². The number of rotatable bonds is 8. The molecule has 0 saturated carbocycles. The zero-order valence-electron chi connectivity index (χ0n) is 12.4. The third kappa shape index (κ3) is 5.77. The number of ether oxygens (including phenoxy) is 1. The number of carbonyl (C=O) groups is 2. The molecule has 0 radical (unpaired) electrons. The molecule has 0 aromatic heterocycles. The maximum absolute atomic E-state index is 12.1. The Balaban J connectivity index is 2.32. The van der Waals surface area contributed by atoms with Gasteiger partial charge in [-0.15, -0.1) is 0 Å². The van der Waals surface area contributed by atoms with Gasteiger partial charge in [-0.25, -0.2) is 4.79 Å². The molecule has 6 heteroatoms. The first-order valence-corrected chi connectivity index (χ1v) is 7.63. The highest BCUT2D eigenvalue weighted by Gasteiger charge is 2.31. The number of amides is 2. The van der Waals surface area contributed by atoms with E-state index in [2.05, 4.69) is 12.2 Å². The number of alkyl carbamates (subject to hydrolysis) is 1. The monoisotopic (exact) mass is 285 g/mol. The molecule has 1 aliphatic rings. The van der Waals surface area contributed by atoms with Crippen molar-refractivity contribution in [1.29, 1.82) is 0 Å². The van der Waals surface area contributed by atoms with E-state index >= 15 is 0 Å². The van der Waals surface area contributed by atoms with Crippen LogP contribution in [0.5, 0.6) is 0 Å². The Hall–Kier alpha value is -1.30. The number of nitrogens with zero attached hydrogens (tertiary/aromatic N) is 1. The van der Waals surface area contributed by atoms with E-state index in [0.717, 1.165) is 38.5 Å². The van der Waals surface area contributed by atoms with Crippen molar-refractivity contribution >= 4 is 12.0 Å². The van der Waals surface area contributed by atoms with E-state index < -0.39 is 12.3 Å². The van der Waals surface area contributed by atoms with Crippen molar-refractivity contribution in [2.45, 2.75) is 58.1 Å². The van der Waals surface area contributed by atoms with Gasteiger partial charge in [0.1, 0.15) is 0 Å². The number of hydrogen-bond acceptors (Lipinski definition) is 4. The number of unbranched alkanes of at least 4 members (excludes halogenated alkanes) is 2. The largest absolute Gasteiger partial charge is 0.425 e. The molecular weight excluding hydrogens is 258 g/mol. The summed E-state index contributed by atoms with van der Waals surface area (Å²) in [4.78, 5) is 25.4. The number of hydrogen-bond donors (Lipinski definition) is 2. The molecule has 116 valence electrons. The van der Waals surface area contributed by atoms with E-state index in [1.54, 1.807) is 4.90 Å². The van der Waals surface area contributed by atoms with Gasteiger partial charge >= 0.3 is 6.09 Å². The summed E-state index contributed by atoms with van der Waals surface area (Å²) in [5, 5.41) is 2.64. The lowest BCUT2D eigenvalue weighted by Gasteiger charge is -2.24. The van der Waals surface area contributed by atoms with Crippen LogP contribution in [-0.4, -0.2) is 42.8 Å². The number of nitrogens with two attached hydrogens (primary N) is 1. The van der Waals surface area contributed by atoms with Crippen LogP contribution < -0.4 is 11.1 Å². The maximum Gasteiger partial charge on any atom is 0.409 e. The van der Waals surface area contributed by atoms with Gasteiger partial charge in [0.15, 0.2) is 6.23 Å². The first kappa shape index (κ1) is 16.8. The second kappa shape index (κ2) is 9.58. The molecule has 0 bridgehead atoms. The summed E-state index contributed by atoms with van der Waals surface area (Å²) in [6.45, 7) is 3.84. The smallest absolute Gasteiger partial charge is 0.409 e. The minimum Gasteiger partial charge on any atom is -0.425 e. The summed E-state index contributed by atoms with van der Waals surface area (Å²) in [5.41, 5.74) is 5.35. The molecule has 2 amide bonds. The predicted octanol–water partition coefficient (Wildman–Crippen LogP) is 1.59. The van der Waals surface area contributed by atoms with Crippen LogP contribution in [0.15, 0.2) is 0 Å². The molecule has 3 N–H and O–H groups in total. The highest BCUT2D eigenvalue weighted by molar-refractivity contribution is 5.77. The van der Waals surface area contributed by atoms with E-state index in [4.69, 9.17) is 10.5 Å². The van der Waals surface area contributed by atoms with E-state index in [1.807, 2.05) is 0 Å². The highest BCUT2D eigenvalue weighted by Crippen LogP contribution is 2.20. The van der Waals surface area contributed by atoms with E-state index in [-0.39, 0.29) is 5.91 Å². The topological polar surface area (TPSA) is 84.7 Å². The van der Waals surface area contributed by atoms with Crippen molar-refractivity contribution in [2.75, 3.05) is 19.6 Å². The van der Waals surface area contributed by atoms with Crippen LogP contribution >= 0.6 is 0 Å². The summed E-state index contributed by atoms with van der Waals surface area (Å²) in [5.74, 6) is 0.0932. The second-order valence-corrected chi connectivity index (χ2v) is 5.12. The number of nitrogens with one attached hydrogen (secondary N) is 1. The van der Waals surface area contributed by atoms with Gasteiger partial charge in [-0.3, -0.25) is 4.79 Å². The van der Waals surface area contributed by atoms with Gasteiger partial charge in [-0.1, -0.05) is 19.8 Å². The Bertz CT molecular complexity index is 310. The summed E-state index contributed by atoms with van der Waals surface area (Å²) in [6, 6.07) is 0. The Labute approximate surface area is 121 Å². The molecule has 0 spiro atoms. The molecule has 0 unspecified atom stereocenters. The molecule has 20 heavy (non-hydrogen) atoms. The van der Waals surface area contributed by atoms with Crippen LogP contribution in [0.3, 0.4) is 0 Å². The minimum absolute atomic E-state index is 0.0932. The fraction of sp³-hybridized carbons (Fsp3) is 0.857. The molecule has 1 heterocycles. The lowest BCUT2D eigenvalue weighted by Crippen LogP contribution is -2.40. The fourth-order valence-corrected chi connectivity index (χ4v) is 2.27. The predicted molar refractivity (Wildman–Crippen MR) is 77.0 cm³/mol. The van der Waals surface area contributed by atoms with Gasteiger partial charge < -0.3 is 20.7 Å². The van der Waals surface area contributed by atoms with Crippen LogP contribution in [-0.2, 0) is 9.53 Å². The van der Waals surface area contributed by atoms with Crippen molar-refractivity contribution < 1.29 is 14.3 Å². The molecule has 0 aromatic carbocycles. The first-order valence-electron chi connectivity index (χ1n) is 7.63.